The first-order valence-electron chi connectivity index (χ1n) is 20.7. The Morgan fingerprint density at radius 3 is 1.69 bits per heavy atom. The number of imidazole rings is 2. The normalized spacial score (nSPS) is 11.9. The third-order valence-corrected chi connectivity index (χ3v) is 17.0. The Morgan fingerprint density at radius 1 is 0.419 bits per heavy atom. The predicted molar refractivity (Wildman–Crippen MR) is 253 cm³/mol. The summed E-state index contributed by atoms with van der Waals surface area (Å²) in [7, 11) is -2.86. The fraction of sp³-hybridized carbons (Fsp3) is 0. The van der Waals surface area contributed by atoms with E-state index in [9.17, 15) is 5.26 Å². The number of nitriles is 1. The highest BCUT2D eigenvalue weighted by Crippen LogP contribution is 2.35. The number of benzene rings is 8. The maximum atomic E-state index is 9.94. The van der Waals surface area contributed by atoms with Crippen molar-refractivity contribution in [3.05, 3.63) is 218 Å². The molecular formula is C54H35N7Si. The first kappa shape index (κ1) is 35.6. The fourth-order valence-corrected chi connectivity index (χ4v) is 14.4. The van der Waals surface area contributed by atoms with E-state index in [1.54, 1.807) is 0 Å². The van der Waals surface area contributed by atoms with Crippen molar-refractivity contribution in [3.8, 4) is 29.1 Å². The standard InChI is InChI=1S/C54H35N7Si/c55-36-37-31-32-48-44(33-37)43-25-10-12-27-47(43)59(48)52-35-46(56-53(58-52)61-51-30-15-14-29-50(51)60-49-28-13-11-26-45(49)57-54(60)61)38-17-16-24-42(34-38)62(39-18-4-1-5-19-39,40-20-6-2-7-21-40)41-22-8-3-9-23-41/h1-35H. The summed E-state index contributed by atoms with van der Waals surface area (Å²) in [6, 6.07) is 77.2. The molecule has 4 aromatic heterocycles. The molecule has 0 spiro atoms. The van der Waals surface area contributed by atoms with Gasteiger partial charge in [-0.05, 0) is 69.3 Å². The van der Waals surface area contributed by atoms with Gasteiger partial charge in [-0.25, -0.2) is 14.5 Å². The molecule has 0 atom stereocenters. The second-order valence-electron chi connectivity index (χ2n) is 15.6. The van der Waals surface area contributed by atoms with Crippen LogP contribution in [0.1, 0.15) is 5.56 Å². The van der Waals surface area contributed by atoms with Crippen LogP contribution in [0.15, 0.2) is 212 Å². The average molecular weight is 810 g/mol. The van der Waals surface area contributed by atoms with Crippen LogP contribution in [0.25, 0.3) is 72.7 Å². The number of aromatic nitrogens is 6. The quantitative estimate of drug-likeness (QED) is 0.119. The summed E-state index contributed by atoms with van der Waals surface area (Å²) in [6.45, 7) is 0. The molecule has 0 aliphatic heterocycles. The lowest BCUT2D eigenvalue weighted by Crippen LogP contribution is -2.74. The van der Waals surface area contributed by atoms with Gasteiger partial charge in [0.05, 0.1) is 50.4 Å². The van der Waals surface area contributed by atoms with E-state index in [1.807, 2.05) is 36.4 Å². The zero-order chi connectivity index (χ0) is 41.2. The molecule has 0 saturated heterocycles. The van der Waals surface area contributed by atoms with Gasteiger partial charge in [-0.1, -0.05) is 158 Å². The first-order chi connectivity index (χ1) is 30.7. The Labute approximate surface area is 357 Å². The summed E-state index contributed by atoms with van der Waals surface area (Å²) in [5.41, 5.74) is 8.16. The minimum atomic E-state index is -2.86. The van der Waals surface area contributed by atoms with Gasteiger partial charge in [-0.15, -0.1) is 0 Å². The van der Waals surface area contributed by atoms with Crippen LogP contribution in [0.3, 0.4) is 0 Å². The van der Waals surface area contributed by atoms with E-state index in [2.05, 4.69) is 196 Å². The zero-order valence-electron chi connectivity index (χ0n) is 33.3. The second kappa shape index (κ2) is 14.1. The van der Waals surface area contributed by atoms with Crippen LogP contribution in [-0.4, -0.2) is 36.6 Å². The van der Waals surface area contributed by atoms with Crippen LogP contribution in [-0.2, 0) is 0 Å². The number of hydrogen-bond acceptors (Lipinski definition) is 4. The summed E-state index contributed by atoms with van der Waals surface area (Å²) in [5, 5.41) is 17.1. The molecule has 0 amide bonds. The fourth-order valence-electron chi connectivity index (χ4n) is 9.60. The number of para-hydroxylation sites is 5. The minimum absolute atomic E-state index is 0.502. The highest BCUT2D eigenvalue weighted by atomic mass is 28.3. The van der Waals surface area contributed by atoms with E-state index >= 15 is 0 Å². The van der Waals surface area contributed by atoms with Crippen molar-refractivity contribution in [3.63, 3.8) is 0 Å². The summed E-state index contributed by atoms with van der Waals surface area (Å²) >= 11 is 0. The van der Waals surface area contributed by atoms with Gasteiger partial charge in [-0.2, -0.15) is 10.2 Å². The maximum Gasteiger partial charge on any atom is 0.239 e. The first-order valence-corrected chi connectivity index (χ1v) is 22.7. The second-order valence-corrected chi connectivity index (χ2v) is 19.4. The molecule has 12 rings (SSSR count). The van der Waals surface area contributed by atoms with E-state index in [1.165, 1.54) is 20.7 Å². The lowest BCUT2D eigenvalue weighted by atomic mass is 10.1. The average Bonchev–Trinajstić information content (AvgIpc) is 3.99. The van der Waals surface area contributed by atoms with Gasteiger partial charge in [0.2, 0.25) is 11.7 Å². The monoisotopic (exact) mass is 809 g/mol. The van der Waals surface area contributed by atoms with E-state index in [0.29, 0.717) is 17.3 Å². The minimum Gasteiger partial charge on any atom is -0.294 e. The van der Waals surface area contributed by atoms with Gasteiger partial charge in [0.25, 0.3) is 0 Å². The van der Waals surface area contributed by atoms with E-state index in [0.717, 1.165) is 60.9 Å². The van der Waals surface area contributed by atoms with Gasteiger partial charge in [-0.3, -0.25) is 8.97 Å². The van der Waals surface area contributed by atoms with Crippen LogP contribution < -0.4 is 20.7 Å². The number of nitrogens with zero attached hydrogens (tertiary/aromatic N) is 7. The summed E-state index contributed by atoms with van der Waals surface area (Å²) in [5.74, 6) is 1.94. The Kier molecular flexibility index (Phi) is 8.10. The third kappa shape index (κ3) is 5.32. The van der Waals surface area contributed by atoms with Crippen LogP contribution in [0.2, 0.25) is 0 Å². The summed E-state index contributed by atoms with van der Waals surface area (Å²) in [4.78, 5) is 16.2. The topological polar surface area (TPSA) is 76.7 Å². The van der Waals surface area contributed by atoms with Gasteiger partial charge < -0.3 is 0 Å². The Bertz CT molecular complexity index is 3620. The lowest BCUT2D eigenvalue weighted by molar-refractivity contribution is 0.937. The Morgan fingerprint density at radius 2 is 1.00 bits per heavy atom. The van der Waals surface area contributed by atoms with Crippen molar-refractivity contribution in [1.29, 1.82) is 5.26 Å². The molecule has 0 bridgehead atoms. The molecule has 0 aliphatic rings. The third-order valence-electron chi connectivity index (χ3n) is 12.2. The van der Waals surface area contributed by atoms with E-state index in [4.69, 9.17) is 15.0 Å². The SMILES string of the molecule is N#Cc1ccc2c(c1)c1ccccc1n2-c1cc(-c2cccc([Si](c3ccccc3)(c3ccccc3)c3ccccc3)c2)nc(-n2c3ccccc3n3c4ccccc4nc23)n1. The molecule has 7 nitrogen and oxygen atoms in total. The maximum absolute atomic E-state index is 9.94. The largest absolute Gasteiger partial charge is 0.294 e. The van der Waals surface area contributed by atoms with Crippen molar-refractivity contribution in [1.82, 2.24) is 28.5 Å². The molecule has 290 valence electrons. The van der Waals surface area contributed by atoms with Crippen LogP contribution >= 0.6 is 0 Å². The summed E-state index contributed by atoms with van der Waals surface area (Å²) < 4.78 is 6.49. The number of rotatable bonds is 7. The van der Waals surface area contributed by atoms with Crippen LogP contribution in [0.5, 0.6) is 0 Å². The van der Waals surface area contributed by atoms with E-state index in [-0.39, 0.29) is 0 Å². The predicted octanol–water partition coefficient (Wildman–Crippen LogP) is 9.23. The van der Waals surface area contributed by atoms with Crippen LogP contribution in [0.4, 0.5) is 0 Å². The molecular weight excluding hydrogens is 775 g/mol. The molecule has 0 fully saturated rings. The molecule has 12 aromatic rings. The van der Waals surface area contributed by atoms with Crippen molar-refractivity contribution < 1.29 is 0 Å². The Balaban J connectivity index is 1.18. The smallest absolute Gasteiger partial charge is 0.239 e. The van der Waals surface area contributed by atoms with E-state index < -0.39 is 8.07 Å². The van der Waals surface area contributed by atoms with Crippen molar-refractivity contribution >= 4 is 78.5 Å². The molecule has 0 aliphatic carbocycles. The van der Waals surface area contributed by atoms with Crippen molar-refractivity contribution in [2.45, 2.75) is 0 Å². The molecule has 0 unspecified atom stereocenters. The number of hydrogen-bond donors (Lipinski definition) is 0. The van der Waals surface area contributed by atoms with Crippen LogP contribution in [0, 0.1) is 11.3 Å². The van der Waals surface area contributed by atoms with Gasteiger partial charge in [0.1, 0.15) is 5.82 Å². The van der Waals surface area contributed by atoms with Crippen molar-refractivity contribution in [2.24, 2.45) is 0 Å². The number of fused-ring (bicyclic) bond motifs is 8. The highest BCUT2D eigenvalue weighted by Gasteiger charge is 2.41. The molecule has 62 heavy (non-hydrogen) atoms. The molecule has 8 aromatic carbocycles. The molecule has 8 heteroatoms. The van der Waals surface area contributed by atoms with Gasteiger partial charge in [0, 0.05) is 22.4 Å². The Hall–Kier alpha value is -8.38. The zero-order valence-corrected chi connectivity index (χ0v) is 34.3. The van der Waals surface area contributed by atoms with Crippen molar-refractivity contribution in [2.75, 3.05) is 0 Å². The van der Waals surface area contributed by atoms with Gasteiger partial charge in [0.15, 0.2) is 8.07 Å². The molecule has 0 saturated carbocycles. The van der Waals surface area contributed by atoms with Gasteiger partial charge >= 0.3 is 0 Å². The highest BCUT2D eigenvalue weighted by molar-refractivity contribution is 7.19. The summed E-state index contributed by atoms with van der Waals surface area (Å²) in [6.07, 6.45) is 0. The molecule has 4 heterocycles. The molecule has 0 radical (unpaired) electrons. The molecule has 0 N–H and O–H groups in total. The lowest BCUT2D eigenvalue weighted by Gasteiger charge is -2.34.